The number of aromatic nitrogens is 2. The van der Waals surface area contributed by atoms with Crippen molar-refractivity contribution in [2.24, 2.45) is 5.92 Å². The molecule has 2 aromatic rings. The molecule has 0 N–H and O–H groups in total. The number of hydrogen-bond donors (Lipinski definition) is 0. The SMILES string of the molecule is O=S1(=O)CCC(Cc2nnc(SCCOc3ccccc3Cl)o2)C1. The van der Waals surface area contributed by atoms with Crippen LogP contribution in [0.2, 0.25) is 5.02 Å². The van der Waals surface area contributed by atoms with Gasteiger partial charge in [0.2, 0.25) is 5.89 Å². The third-order valence-corrected chi connectivity index (χ3v) is 6.57. The molecule has 6 nitrogen and oxygen atoms in total. The lowest BCUT2D eigenvalue weighted by Gasteiger charge is -2.06. The Kier molecular flexibility index (Phi) is 5.68. The largest absolute Gasteiger partial charge is 0.491 e. The Hall–Kier alpha value is -1.25. The van der Waals surface area contributed by atoms with Crippen molar-refractivity contribution in [1.29, 1.82) is 0 Å². The van der Waals surface area contributed by atoms with Gasteiger partial charge in [-0.05, 0) is 24.5 Å². The summed E-state index contributed by atoms with van der Waals surface area (Å²) >= 11 is 7.41. The van der Waals surface area contributed by atoms with E-state index < -0.39 is 9.84 Å². The minimum Gasteiger partial charge on any atom is -0.491 e. The van der Waals surface area contributed by atoms with Gasteiger partial charge in [-0.3, -0.25) is 0 Å². The van der Waals surface area contributed by atoms with Gasteiger partial charge in [-0.25, -0.2) is 8.42 Å². The summed E-state index contributed by atoms with van der Waals surface area (Å²) in [6.45, 7) is 0.465. The summed E-state index contributed by atoms with van der Waals surface area (Å²) in [7, 11) is -2.88. The molecule has 1 fully saturated rings. The fraction of sp³-hybridized carbons (Fsp3) is 0.467. The molecular formula is C15H17ClN2O4S2. The van der Waals surface area contributed by atoms with Gasteiger partial charge < -0.3 is 9.15 Å². The van der Waals surface area contributed by atoms with E-state index in [0.29, 0.717) is 47.1 Å². The van der Waals surface area contributed by atoms with Crippen LogP contribution < -0.4 is 4.74 Å². The molecule has 1 unspecified atom stereocenters. The zero-order valence-corrected chi connectivity index (χ0v) is 15.2. The second-order valence-electron chi connectivity index (χ2n) is 5.56. The van der Waals surface area contributed by atoms with Crippen LogP contribution in [0.15, 0.2) is 33.9 Å². The van der Waals surface area contributed by atoms with E-state index in [1.54, 1.807) is 6.07 Å². The lowest BCUT2D eigenvalue weighted by atomic mass is 10.1. The molecule has 0 radical (unpaired) electrons. The Morgan fingerprint density at radius 2 is 2.17 bits per heavy atom. The predicted octanol–water partition coefficient (Wildman–Crippen LogP) is 2.87. The van der Waals surface area contributed by atoms with E-state index in [1.807, 2.05) is 18.2 Å². The molecule has 0 spiro atoms. The highest BCUT2D eigenvalue weighted by Crippen LogP contribution is 2.25. The zero-order chi connectivity index (χ0) is 17.0. The third-order valence-electron chi connectivity index (χ3n) is 3.64. The number of para-hydroxylation sites is 1. The molecule has 1 aromatic heterocycles. The van der Waals surface area contributed by atoms with E-state index in [1.165, 1.54) is 11.8 Å². The minimum atomic E-state index is -2.88. The van der Waals surface area contributed by atoms with Crippen LogP contribution in [-0.4, -0.2) is 42.5 Å². The van der Waals surface area contributed by atoms with Gasteiger partial charge in [0.15, 0.2) is 9.84 Å². The van der Waals surface area contributed by atoms with Gasteiger partial charge in [-0.1, -0.05) is 35.5 Å². The summed E-state index contributed by atoms with van der Waals surface area (Å²) in [6, 6.07) is 7.30. The molecule has 24 heavy (non-hydrogen) atoms. The van der Waals surface area contributed by atoms with Crippen molar-refractivity contribution in [3.63, 3.8) is 0 Å². The van der Waals surface area contributed by atoms with Crippen LogP contribution in [0.25, 0.3) is 0 Å². The van der Waals surface area contributed by atoms with Crippen molar-refractivity contribution in [1.82, 2.24) is 10.2 Å². The van der Waals surface area contributed by atoms with Gasteiger partial charge in [0.25, 0.3) is 5.22 Å². The van der Waals surface area contributed by atoms with Crippen LogP contribution >= 0.6 is 23.4 Å². The van der Waals surface area contributed by atoms with E-state index >= 15 is 0 Å². The Morgan fingerprint density at radius 3 is 2.92 bits per heavy atom. The summed E-state index contributed by atoms with van der Waals surface area (Å²) in [5.74, 6) is 2.33. The molecule has 0 bridgehead atoms. The van der Waals surface area contributed by atoms with Crippen LogP contribution in [-0.2, 0) is 16.3 Å². The van der Waals surface area contributed by atoms with Gasteiger partial charge in [0.1, 0.15) is 5.75 Å². The molecule has 0 saturated carbocycles. The van der Waals surface area contributed by atoms with Crippen LogP contribution in [0.1, 0.15) is 12.3 Å². The van der Waals surface area contributed by atoms with Crippen molar-refractivity contribution < 1.29 is 17.6 Å². The molecule has 1 aromatic carbocycles. The maximum atomic E-state index is 11.5. The number of rotatable bonds is 7. The van der Waals surface area contributed by atoms with E-state index in [4.69, 9.17) is 20.8 Å². The maximum Gasteiger partial charge on any atom is 0.276 e. The Labute approximate surface area is 149 Å². The molecule has 1 aliphatic rings. The summed E-state index contributed by atoms with van der Waals surface area (Å²) in [4.78, 5) is 0. The second kappa shape index (κ2) is 7.76. The number of nitrogens with zero attached hydrogens (tertiary/aromatic N) is 2. The highest BCUT2D eigenvalue weighted by molar-refractivity contribution is 7.99. The molecule has 1 atom stereocenters. The lowest BCUT2D eigenvalue weighted by molar-refractivity contribution is 0.342. The first kappa shape index (κ1) is 17.6. The van der Waals surface area contributed by atoms with Crippen molar-refractivity contribution in [2.45, 2.75) is 18.1 Å². The van der Waals surface area contributed by atoms with Gasteiger partial charge in [-0.2, -0.15) is 0 Å². The molecule has 3 rings (SSSR count). The minimum absolute atomic E-state index is 0.0804. The van der Waals surface area contributed by atoms with Crippen molar-refractivity contribution in [3.05, 3.63) is 35.2 Å². The monoisotopic (exact) mass is 388 g/mol. The van der Waals surface area contributed by atoms with Gasteiger partial charge >= 0.3 is 0 Å². The standard InChI is InChI=1S/C15H17ClN2O4S2/c16-12-3-1-2-4-13(12)21-6-7-23-15-18-17-14(22-15)9-11-5-8-24(19,20)10-11/h1-4,11H,5-10H2. The maximum absolute atomic E-state index is 11.5. The quantitative estimate of drug-likeness (QED) is 0.532. The van der Waals surface area contributed by atoms with E-state index in [-0.39, 0.29) is 17.4 Å². The fourth-order valence-electron chi connectivity index (χ4n) is 2.50. The summed E-state index contributed by atoms with van der Waals surface area (Å²) < 4.78 is 34.1. The predicted molar refractivity (Wildman–Crippen MR) is 92.4 cm³/mol. The van der Waals surface area contributed by atoms with E-state index in [0.717, 1.165) is 0 Å². The first-order chi connectivity index (χ1) is 11.5. The molecule has 9 heteroatoms. The number of hydrogen-bond acceptors (Lipinski definition) is 7. The van der Waals surface area contributed by atoms with Gasteiger partial charge in [-0.15, -0.1) is 10.2 Å². The first-order valence-corrected chi connectivity index (χ1v) is 10.7. The van der Waals surface area contributed by atoms with Crippen LogP contribution in [0.4, 0.5) is 0 Å². The molecule has 2 heterocycles. The lowest BCUT2D eigenvalue weighted by Crippen LogP contribution is -2.07. The average molecular weight is 389 g/mol. The highest BCUT2D eigenvalue weighted by Gasteiger charge is 2.29. The van der Waals surface area contributed by atoms with Crippen LogP contribution in [0.5, 0.6) is 5.75 Å². The van der Waals surface area contributed by atoms with Crippen LogP contribution in [0.3, 0.4) is 0 Å². The summed E-state index contributed by atoms with van der Waals surface area (Å²) in [5, 5.41) is 9.00. The normalized spacial score (nSPS) is 19.5. The third kappa shape index (κ3) is 4.87. The number of sulfone groups is 1. The Morgan fingerprint density at radius 1 is 1.33 bits per heavy atom. The van der Waals surface area contributed by atoms with Crippen molar-refractivity contribution in [2.75, 3.05) is 23.9 Å². The second-order valence-corrected chi connectivity index (χ2v) is 9.24. The zero-order valence-electron chi connectivity index (χ0n) is 12.9. The summed E-state index contributed by atoms with van der Waals surface area (Å²) in [6.07, 6.45) is 1.18. The number of ether oxygens (including phenoxy) is 1. The fourth-order valence-corrected chi connectivity index (χ4v) is 5.15. The first-order valence-electron chi connectivity index (χ1n) is 7.55. The molecule has 1 saturated heterocycles. The van der Waals surface area contributed by atoms with Gasteiger partial charge in [0, 0.05) is 12.2 Å². The Bertz CT molecular complexity index is 794. The van der Waals surface area contributed by atoms with Gasteiger partial charge in [0.05, 0.1) is 23.1 Å². The molecule has 130 valence electrons. The average Bonchev–Trinajstić information content (AvgIpc) is 3.12. The molecule has 0 amide bonds. The van der Waals surface area contributed by atoms with E-state index in [9.17, 15) is 8.42 Å². The summed E-state index contributed by atoms with van der Waals surface area (Å²) in [5.41, 5.74) is 0. The number of thioether (sulfide) groups is 1. The van der Waals surface area contributed by atoms with Crippen molar-refractivity contribution in [3.8, 4) is 5.75 Å². The molecular weight excluding hydrogens is 372 g/mol. The van der Waals surface area contributed by atoms with Crippen LogP contribution in [0, 0.1) is 5.92 Å². The number of benzene rings is 1. The van der Waals surface area contributed by atoms with E-state index in [2.05, 4.69) is 10.2 Å². The topological polar surface area (TPSA) is 82.3 Å². The number of halogens is 1. The van der Waals surface area contributed by atoms with Crippen molar-refractivity contribution >= 4 is 33.2 Å². The Balaban J connectivity index is 1.42. The smallest absolute Gasteiger partial charge is 0.276 e. The molecule has 1 aliphatic heterocycles. The molecule has 0 aliphatic carbocycles. The highest BCUT2D eigenvalue weighted by atomic mass is 35.5.